The van der Waals surface area contributed by atoms with Crippen molar-refractivity contribution >= 4 is 17.8 Å². The highest BCUT2D eigenvalue weighted by Crippen LogP contribution is 2.38. The minimum Gasteiger partial charge on any atom is -0.338 e. The summed E-state index contributed by atoms with van der Waals surface area (Å²) in [5.74, 6) is 0.478. The van der Waals surface area contributed by atoms with E-state index in [1.54, 1.807) is 22.8 Å². The van der Waals surface area contributed by atoms with Gasteiger partial charge in [0.25, 0.3) is 0 Å². The maximum Gasteiger partial charge on any atom is 0.248 e. The van der Waals surface area contributed by atoms with Gasteiger partial charge in [0.15, 0.2) is 0 Å². The number of hydrogen-bond donors (Lipinski definition) is 1. The summed E-state index contributed by atoms with van der Waals surface area (Å²) in [4.78, 5) is 31.3. The number of nitrogens with one attached hydrogen (secondary N) is 1. The van der Waals surface area contributed by atoms with Crippen LogP contribution < -0.4 is 5.32 Å². The lowest BCUT2D eigenvalue weighted by Gasteiger charge is -2.24. The predicted molar refractivity (Wildman–Crippen MR) is 93.2 cm³/mol. The lowest BCUT2D eigenvalue weighted by molar-refractivity contribution is -0.128. The van der Waals surface area contributed by atoms with E-state index in [0.29, 0.717) is 5.95 Å². The average Bonchev–Trinajstić information content (AvgIpc) is 3.26. The number of rotatable bonds is 3. The van der Waals surface area contributed by atoms with Gasteiger partial charge in [-0.2, -0.15) is 10.1 Å². The fourth-order valence-corrected chi connectivity index (χ4v) is 3.88. The van der Waals surface area contributed by atoms with E-state index in [1.165, 1.54) is 0 Å². The number of carbonyl (C=O) groups excluding carboxylic acids is 2. The van der Waals surface area contributed by atoms with Crippen LogP contribution >= 0.6 is 0 Å². The predicted octanol–water partition coefficient (Wildman–Crippen LogP) is 0.814. The smallest absolute Gasteiger partial charge is 0.248 e. The zero-order chi connectivity index (χ0) is 18.4. The molecule has 1 N–H and O–H groups in total. The third-order valence-corrected chi connectivity index (χ3v) is 5.52. The number of nitrogens with zero attached hydrogens (tertiary/aromatic N) is 6. The molecular weight excluding hydrogens is 334 g/mol. The topological polar surface area (TPSA) is 97.9 Å². The summed E-state index contributed by atoms with van der Waals surface area (Å²) in [5, 5.41) is 11.5. The molecule has 0 aliphatic carbocycles. The zero-order valence-electron chi connectivity index (χ0n) is 15.3. The molecule has 2 amide bonds. The molecule has 0 saturated carbocycles. The van der Waals surface area contributed by atoms with Crippen molar-refractivity contribution in [3.8, 4) is 0 Å². The second kappa shape index (κ2) is 6.22. The van der Waals surface area contributed by atoms with Crippen molar-refractivity contribution in [2.24, 2.45) is 13.0 Å². The number of hydrogen-bond acceptors (Lipinski definition) is 5. The fourth-order valence-electron chi connectivity index (χ4n) is 3.88. The molecule has 9 nitrogen and oxygen atoms in total. The molecular formula is C17H23N7O2. The Morgan fingerprint density at radius 2 is 2.12 bits per heavy atom. The van der Waals surface area contributed by atoms with Gasteiger partial charge in [-0.05, 0) is 19.8 Å². The van der Waals surface area contributed by atoms with Crippen LogP contribution in [0.4, 0.5) is 5.95 Å². The lowest BCUT2D eigenvalue weighted by Crippen LogP contribution is -2.30. The molecule has 0 aromatic carbocycles. The molecule has 2 aliphatic rings. The number of amides is 2. The summed E-state index contributed by atoms with van der Waals surface area (Å²) >= 11 is 0. The van der Waals surface area contributed by atoms with Crippen LogP contribution in [0.15, 0.2) is 6.20 Å². The number of anilines is 1. The van der Waals surface area contributed by atoms with Crippen LogP contribution in [-0.2, 0) is 29.6 Å². The summed E-state index contributed by atoms with van der Waals surface area (Å²) in [6.45, 7) is 2.78. The molecule has 4 rings (SSSR count). The van der Waals surface area contributed by atoms with Crippen LogP contribution in [0.3, 0.4) is 0 Å². The van der Waals surface area contributed by atoms with E-state index in [1.807, 2.05) is 18.7 Å². The van der Waals surface area contributed by atoms with E-state index in [2.05, 4.69) is 20.5 Å². The molecule has 2 aliphatic heterocycles. The molecule has 4 heterocycles. The number of likely N-dealkylation sites (tertiary alicyclic amines) is 1. The molecule has 0 unspecified atom stereocenters. The first-order valence-electron chi connectivity index (χ1n) is 8.94. The fraction of sp³-hybridized carbons (Fsp3) is 0.588. The van der Waals surface area contributed by atoms with Gasteiger partial charge in [0.1, 0.15) is 5.82 Å². The number of carbonyl (C=O) groups is 2. The van der Waals surface area contributed by atoms with E-state index >= 15 is 0 Å². The Kier molecular flexibility index (Phi) is 4.01. The van der Waals surface area contributed by atoms with Crippen molar-refractivity contribution in [3.63, 3.8) is 0 Å². The van der Waals surface area contributed by atoms with Crippen LogP contribution in [-0.4, -0.2) is 48.3 Å². The molecule has 0 spiro atoms. The summed E-state index contributed by atoms with van der Waals surface area (Å²) in [7, 11) is 3.59. The summed E-state index contributed by atoms with van der Waals surface area (Å²) in [6, 6.07) is -0.326. The maximum atomic E-state index is 12.9. The summed E-state index contributed by atoms with van der Waals surface area (Å²) in [6.07, 6.45) is 4.97. The van der Waals surface area contributed by atoms with Gasteiger partial charge >= 0.3 is 0 Å². The van der Waals surface area contributed by atoms with E-state index in [-0.39, 0.29) is 24.3 Å². The Morgan fingerprint density at radius 1 is 1.31 bits per heavy atom. The van der Waals surface area contributed by atoms with Gasteiger partial charge < -0.3 is 4.90 Å². The first-order valence-corrected chi connectivity index (χ1v) is 8.94. The molecule has 2 atom stereocenters. The standard InChI is InChI=1S/C17H23N7O2/c1-10-12(9-18-23(10)3)15-11(8-14(25)22(15)2)16(26)20-17-19-13-6-4-5-7-24(13)21-17/h9,11,15H,4-8H2,1-3H3,(H,20,21,26)/t11-,15-/m0/s1. The van der Waals surface area contributed by atoms with Crippen LogP contribution in [0.5, 0.6) is 0 Å². The van der Waals surface area contributed by atoms with Crippen molar-refractivity contribution in [1.29, 1.82) is 0 Å². The first kappa shape index (κ1) is 16.7. The zero-order valence-corrected chi connectivity index (χ0v) is 15.3. The van der Waals surface area contributed by atoms with Crippen molar-refractivity contribution in [2.75, 3.05) is 12.4 Å². The molecule has 2 aromatic rings. The number of aromatic nitrogens is 5. The van der Waals surface area contributed by atoms with Crippen LogP contribution in [0.25, 0.3) is 0 Å². The van der Waals surface area contributed by atoms with Crippen LogP contribution in [0.2, 0.25) is 0 Å². The maximum absolute atomic E-state index is 12.9. The summed E-state index contributed by atoms with van der Waals surface area (Å²) in [5.41, 5.74) is 1.85. The van der Waals surface area contributed by atoms with Crippen LogP contribution in [0.1, 0.15) is 42.4 Å². The van der Waals surface area contributed by atoms with E-state index < -0.39 is 5.92 Å². The van der Waals surface area contributed by atoms with Gasteiger partial charge in [0, 0.05) is 44.7 Å². The van der Waals surface area contributed by atoms with Crippen molar-refractivity contribution in [3.05, 3.63) is 23.3 Å². The van der Waals surface area contributed by atoms with Gasteiger partial charge in [-0.15, -0.1) is 5.10 Å². The summed E-state index contributed by atoms with van der Waals surface area (Å²) < 4.78 is 3.61. The van der Waals surface area contributed by atoms with E-state index in [0.717, 1.165) is 42.9 Å². The molecule has 9 heteroatoms. The highest BCUT2D eigenvalue weighted by molar-refractivity contribution is 5.97. The molecule has 1 saturated heterocycles. The van der Waals surface area contributed by atoms with E-state index in [4.69, 9.17) is 0 Å². The first-order chi connectivity index (χ1) is 12.5. The minimum absolute atomic E-state index is 0.0458. The lowest BCUT2D eigenvalue weighted by atomic mass is 9.93. The van der Waals surface area contributed by atoms with Gasteiger partial charge in [0.2, 0.25) is 17.8 Å². The SMILES string of the molecule is Cc1c([C@@H]2[C@@H](C(=O)Nc3nc4n(n3)CCCC4)CC(=O)N2C)cnn1C. The van der Waals surface area contributed by atoms with Crippen molar-refractivity contribution in [2.45, 2.75) is 45.2 Å². The number of aryl methyl sites for hydroxylation is 3. The minimum atomic E-state index is -0.490. The molecule has 0 bridgehead atoms. The molecule has 138 valence electrons. The monoisotopic (exact) mass is 357 g/mol. The molecule has 2 aromatic heterocycles. The average molecular weight is 357 g/mol. The molecule has 26 heavy (non-hydrogen) atoms. The van der Waals surface area contributed by atoms with Gasteiger partial charge in [-0.25, -0.2) is 4.68 Å². The Balaban J connectivity index is 1.58. The largest absolute Gasteiger partial charge is 0.338 e. The van der Waals surface area contributed by atoms with Crippen molar-refractivity contribution < 1.29 is 9.59 Å². The molecule has 0 radical (unpaired) electrons. The Hall–Kier alpha value is -2.71. The van der Waals surface area contributed by atoms with E-state index in [9.17, 15) is 9.59 Å². The third kappa shape index (κ3) is 2.67. The normalized spacial score (nSPS) is 22.6. The highest BCUT2D eigenvalue weighted by Gasteiger charge is 2.44. The Bertz CT molecular complexity index is 845. The van der Waals surface area contributed by atoms with Gasteiger partial charge in [-0.1, -0.05) is 0 Å². The van der Waals surface area contributed by atoms with Gasteiger partial charge in [-0.3, -0.25) is 19.6 Å². The second-order valence-electron chi connectivity index (χ2n) is 7.09. The van der Waals surface area contributed by atoms with Crippen LogP contribution in [0, 0.1) is 12.8 Å². The second-order valence-corrected chi connectivity index (χ2v) is 7.09. The quantitative estimate of drug-likeness (QED) is 0.877. The van der Waals surface area contributed by atoms with Gasteiger partial charge in [0.05, 0.1) is 18.2 Å². The molecule has 1 fully saturated rings. The van der Waals surface area contributed by atoms with Crippen molar-refractivity contribution in [1.82, 2.24) is 29.4 Å². The Labute approximate surface area is 151 Å². The third-order valence-electron chi connectivity index (χ3n) is 5.52. The number of fused-ring (bicyclic) bond motifs is 1. The Morgan fingerprint density at radius 3 is 2.81 bits per heavy atom. The highest BCUT2D eigenvalue weighted by atomic mass is 16.2.